The van der Waals surface area contributed by atoms with Gasteiger partial charge in [-0.2, -0.15) is 0 Å². The second-order valence-electron chi connectivity index (χ2n) is 14.5. The monoisotopic (exact) mass is 714 g/mol. The van der Waals surface area contributed by atoms with Gasteiger partial charge < -0.3 is 4.42 Å². The summed E-state index contributed by atoms with van der Waals surface area (Å²) in [6.07, 6.45) is 0. The third-order valence-corrected chi connectivity index (χ3v) is 11.4. The van der Waals surface area contributed by atoms with Crippen molar-refractivity contribution in [2.75, 3.05) is 0 Å². The third-order valence-electron chi connectivity index (χ3n) is 11.4. The van der Waals surface area contributed by atoms with Crippen LogP contribution in [-0.4, -0.2) is 9.97 Å². The maximum absolute atomic E-state index is 6.47. The molecule has 0 N–H and O–H groups in total. The van der Waals surface area contributed by atoms with Gasteiger partial charge in [0.2, 0.25) is 0 Å². The van der Waals surface area contributed by atoms with E-state index in [1.807, 2.05) is 30.3 Å². The number of furan rings is 1. The Morgan fingerprint density at radius 3 is 1.68 bits per heavy atom. The normalized spacial score (nSPS) is 12.8. The number of rotatable bonds is 6. The first-order chi connectivity index (χ1) is 27.8. The average Bonchev–Trinajstić information content (AvgIpc) is 3.81. The van der Waals surface area contributed by atoms with Gasteiger partial charge in [-0.1, -0.05) is 182 Å². The molecule has 0 unspecified atom stereocenters. The molecule has 56 heavy (non-hydrogen) atoms. The lowest BCUT2D eigenvalue weighted by Gasteiger charge is -2.34. The summed E-state index contributed by atoms with van der Waals surface area (Å²) >= 11 is 0. The minimum atomic E-state index is -0.428. The highest BCUT2D eigenvalue weighted by molar-refractivity contribution is 6.09. The van der Waals surface area contributed by atoms with Crippen LogP contribution in [0.4, 0.5) is 0 Å². The number of hydrogen-bond acceptors (Lipinski definition) is 3. The Bertz CT molecular complexity index is 3030. The smallest absolute Gasteiger partial charge is 0.160 e. The van der Waals surface area contributed by atoms with Gasteiger partial charge in [-0.05, 0) is 68.8 Å². The highest BCUT2D eigenvalue weighted by atomic mass is 16.3. The fourth-order valence-electron chi connectivity index (χ4n) is 8.88. The molecule has 0 radical (unpaired) electrons. The molecule has 0 spiro atoms. The van der Waals surface area contributed by atoms with Gasteiger partial charge in [-0.15, -0.1) is 0 Å². The van der Waals surface area contributed by atoms with Crippen molar-refractivity contribution in [3.05, 3.63) is 229 Å². The number of hydrogen-bond donors (Lipinski definition) is 0. The molecule has 0 amide bonds. The van der Waals surface area contributed by atoms with Crippen molar-refractivity contribution in [2.45, 2.75) is 5.41 Å². The third kappa shape index (κ3) is 4.98. The molecule has 0 bridgehead atoms. The first-order valence-corrected chi connectivity index (χ1v) is 19.1. The summed E-state index contributed by atoms with van der Waals surface area (Å²) in [6.45, 7) is 0. The van der Waals surface area contributed by atoms with Gasteiger partial charge in [0.25, 0.3) is 0 Å². The lowest BCUT2D eigenvalue weighted by atomic mass is 9.67. The molecule has 8 aromatic carbocycles. The van der Waals surface area contributed by atoms with Crippen molar-refractivity contribution in [2.24, 2.45) is 0 Å². The van der Waals surface area contributed by atoms with Crippen LogP contribution in [0.2, 0.25) is 0 Å². The van der Waals surface area contributed by atoms with Gasteiger partial charge in [0, 0.05) is 27.5 Å². The van der Waals surface area contributed by atoms with E-state index in [9.17, 15) is 0 Å². The molecule has 1 aliphatic rings. The molecule has 262 valence electrons. The van der Waals surface area contributed by atoms with Crippen molar-refractivity contribution in [3.8, 4) is 56.2 Å². The predicted molar refractivity (Wildman–Crippen MR) is 228 cm³/mol. The maximum atomic E-state index is 6.47. The van der Waals surface area contributed by atoms with Crippen molar-refractivity contribution >= 4 is 21.9 Å². The molecule has 3 heteroatoms. The summed E-state index contributed by atoms with van der Waals surface area (Å²) in [5.41, 5.74) is 15.8. The second-order valence-corrected chi connectivity index (χ2v) is 14.5. The van der Waals surface area contributed by atoms with Gasteiger partial charge in [-0.25, -0.2) is 9.97 Å². The van der Waals surface area contributed by atoms with E-state index in [2.05, 4.69) is 176 Å². The fourth-order valence-corrected chi connectivity index (χ4v) is 8.88. The quantitative estimate of drug-likeness (QED) is 0.172. The Labute approximate surface area is 325 Å². The molecule has 1 aliphatic carbocycles. The van der Waals surface area contributed by atoms with Gasteiger partial charge in [0.05, 0.1) is 16.8 Å². The molecular weight excluding hydrogens is 681 g/mol. The van der Waals surface area contributed by atoms with Crippen molar-refractivity contribution in [1.82, 2.24) is 9.97 Å². The molecule has 11 rings (SSSR count). The van der Waals surface area contributed by atoms with E-state index in [-0.39, 0.29) is 0 Å². The van der Waals surface area contributed by atoms with E-state index in [0.29, 0.717) is 5.82 Å². The zero-order valence-electron chi connectivity index (χ0n) is 30.4. The maximum Gasteiger partial charge on any atom is 0.160 e. The number of para-hydroxylation sites is 2. The van der Waals surface area contributed by atoms with Crippen LogP contribution < -0.4 is 0 Å². The van der Waals surface area contributed by atoms with E-state index < -0.39 is 5.41 Å². The van der Waals surface area contributed by atoms with E-state index >= 15 is 0 Å². The summed E-state index contributed by atoms with van der Waals surface area (Å²) in [7, 11) is 0. The van der Waals surface area contributed by atoms with Gasteiger partial charge >= 0.3 is 0 Å². The first kappa shape index (κ1) is 32.1. The molecule has 0 saturated heterocycles. The highest BCUT2D eigenvalue weighted by Gasteiger charge is 2.45. The molecule has 2 aromatic heterocycles. The van der Waals surface area contributed by atoms with Crippen LogP contribution in [-0.2, 0) is 5.41 Å². The van der Waals surface area contributed by atoms with Crippen LogP contribution in [0.15, 0.2) is 211 Å². The lowest BCUT2D eigenvalue weighted by molar-refractivity contribution is 0.670. The van der Waals surface area contributed by atoms with Crippen LogP contribution in [0.25, 0.3) is 78.1 Å². The number of aromatic nitrogens is 2. The lowest BCUT2D eigenvalue weighted by Crippen LogP contribution is -2.28. The minimum Gasteiger partial charge on any atom is -0.455 e. The summed E-state index contributed by atoms with van der Waals surface area (Å²) in [5.74, 6) is 0.671. The first-order valence-electron chi connectivity index (χ1n) is 19.1. The number of fused-ring (bicyclic) bond motifs is 6. The Hall–Kier alpha value is -7.36. The average molecular weight is 715 g/mol. The Balaban J connectivity index is 1.03. The fraction of sp³-hybridized carbons (Fsp3) is 0.0189. The van der Waals surface area contributed by atoms with Gasteiger partial charge in [-0.3, -0.25) is 0 Å². The van der Waals surface area contributed by atoms with E-state index in [0.717, 1.165) is 61.1 Å². The molecule has 10 aromatic rings. The summed E-state index contributed by atoms with van der Waals surface area (Å²) in [4.78, 5) is 10.3. The van der Waals surface area contributed by atoms with Crippen LogP contribution in [0.3, 0.4) is 0 Å². The summed E-state index contributed by atoms with van der Waals surface area (Å²) < 4.78 is 6.47. The predicted octanol–water partition coefficient (Wildman–Crippen LogP) is 13.4. The zero-order valence-corrected chi connectivity index (χ0v) is 30.4. The molecule has 0 aliphatic heterocycles. The summed E-state index contributed by atoms with van der Waals surface area (Å²) in [5, 5.41) is 2.17. The van der Waals surface area contributed by atoms with Crippen LogP contribution in [0.1, 0.15) is 22.3 Å². The topological polar surface area (TPSA) is 38.9 Å². The van der Waals surface area contributed by atoms with Crippen molar-refractivity contribution < 1.29 is 4.42 Å². The standard InChI is InChI=1S/C53H34N2O/c1-3-15-36(16-4-1)52-54-48(34-49(55-52)45-25-14-24-44-43-23-9-12-28-50(43)56-51(44)45)38-18-13-17-37(33-38)35-29-31-40(32-30-35)53(39-19-5-2-6-20-39)46-26-10-7-21-41(46)42-22-8-11-27-47(42)53/h1-34H. The SMILES string of the molecule is c1ccc(-c2nc(-c3cccc(-c4ccc(C5(c6ccccc6)c6ccccc6-c6ccccc65)cc4)c3)cc(-c3cccc4c3oc3ccccc34)n2)cc1. The van der Waals surface area contributed by atoms with E-state index in [1.165, 1.54) is 33.4 Å². The van der Waals surface area contributed by atoms with Crippen LogP contribution in [0.5, 0.6) is 0 Å². The molecule has 3 nitrogen and oxygen atoms in total. The van der Waals surface area contributed by atoms with Gasteiger partial charge in [0.15, 0.2) is 5.82 Å². The summed E-state index contributed by atoms with van der Waals surface area (Å²) in [6, 6.07) is 73.3. The van der Waals surface area contributed by atoms with Crippen molar-refractivity contribution in [3.63, 3.8) is 0 Å². The molecule has 0 fully saturated rings. The Morgan fingerprint density at radius 2 is 0.911 bits per heavy atom. The zero-order chi connectivity index (χ0) is 37.1. The second kappa shape index (κ2) is 12.9. The Morgan fingerprint density at radius 1 is 0.357 bits per heavy atom. The molecule has 0 atom stereocenters. The van der Waals surface area contributed by atoms with Crippen LogP contribution in [0, 0.1) is 0 Å². The van der Waals surface area contributed by atoms with Crippen LogP contribution >= 0.6 is 0 Å². The van der Waals surface area contributed by atoms with Crippen molar-refractivity contribution in [1.29, 1.82) is 0 Å². The largest absolute Gasteiger partial charge is 0.455 e. The number of nitrogens with zero attached hydrogens (tertiary/aromatic N) is 2. The Kier molecular flexibility index (Phi) is 7.39. The highest BCUT2D eigenvalue weighted by Crippen LogP contribution is 2.56. The minimum absolute atomic E-state index is 0.428. The van der Waals surface area contributed by atoms with E-state index in [4.69, 9.17) is 14.4 Å². The molecule has 0 saturated carbocycles. The van der Waals surface area contributed by atoms with E-state index in [1.54, 1.807) is 0 Å². The van der Waals surface area contributed by atoms with Gasteiger partial charge in [0.1, 0.15) is 11.2 Å². The number of benzene rings is 8. The molecule has 2 heterocycles. The molecular formula is C53H34N2O.